The maximum atomic E-state index is 12.1. The van der Waals surface area contributed by atoms with E-state index in [9.17, 15) is 4.79 Å². The molecule has 0 fully saturated rings. The Balaban J connectivity index is 1.92. The van der Waals surface area contributed by atoms with Crippen molar-refractivity contribution in [2.45, 2.75) is 19.3 Å². The topological polar surface area (TPSA) is 47.6 Å². The largest absolute Gasteiger partial charge is 0.486 e. The quantitative estimate of drug-likeness (QED) is 0.645. The van der Waals surface area contributed by atoms with E-state index in [0.29, 0.717) is 36.8 Å². The number of fused-ring (bicyclic) bond motifs is 1. The average Bonchev–Trinajstić information content (AvgIpc) is 2.46. The summed E-state index contributed by atoms with van der Waals surface area (Å²) in [7, 11) is 0. The second kappa shape index (κ2) is 7.38. The maximum absolute atomic E-state index is 12.1. The van der Waals surface area contributed by atoms with Crippen molar-refractivity contribution >= 4 is 21.8 Å². The summed E-state index contributed by atoms with van der Waals surface area (Å²) in [6, 6.07) is 5.40. The number of hydrogen-bond donors (Lipinski definition) is 1. The highest BCUT2D eigenvalue weighted by atomic mass is 79.9. The molecule has 0 atom stereocenters. The molecular weight excluding hydrogens is 310 g/mol. The van der Waals surface area contributed by atoms with Crippen LogP contribution in [0.1, 0.15) is 29.6 Å². The standard InChI is InChI=1S/C14H18BrNO3/c15-7-2-1-3-8-16-14(17)11-5-4-6-12-13(11)19-10-9-18-12/h4-6H,1-3,7-10H2,(H,16,17). The Bertz CT molecular complexity index is 437. The first kappa shape index (κ1) is 14.2. The van der Waals surface area contributed by atoms with E-state index in [1.807, 2.05) is 12.1 Å². The molecule has 1 aromatic rings. The molecule has 104 valence electrons. The molecule has 1 aliphatic rings. The van der Waals surface area contributed by atoms with Crippen molar-refractivity contribution in [2.75, 3.05) is 25.1 Å². The molecule has 1 heterocycles. The van der Waals surface area contributed by atoms with E-state index in [1.165, 1.54) is 0 Å². The first-order valence-corrected chi connectivity index (χ1v) is 7.68. The van der Waals surface area contributed by atoms with E-state index >= 15 is 0 Å². The fraction of sp³-hybridized carbons (Fsp3) is 0.500. The molecule has 0 spiro atoms. The fourth-order valence-electron chi connectivity index (χ4n) is 1.95. The molecular formula is C14H18BrNO3. The number of nitrogens with one attached hydrogen (secondary N) is 1. The van der Waals surface area contributed by atoms with Crippen molar-refractivity contribution in [3.8, 4) is 11.5 Å². The lowest BCUT2D eigenvalue weighted by Crippen LogP contribution is -2.26. The third kappa shape index (κ3) is 3.86. The molecule has 0 bridgehead atoms. The Morgan fingerprint density at radius 2 is 2.05 bits per heavy atom. The lowest BCUT2D eigenvalue weighted by atomic mass is 10.1. The zero-order chi connectivity index (χ0) is 13.5. The smallest absolute Gasteiger partial charge is 0.255 e. The summed E-state index contributed by atoms with van der Waals surface area (Å²) in [6.07, 6.45) is 3.23. The van der Waals surface area contributed by atoms with Gasteiger partial charge in [-0.15, -0.1) is 0 Å². The minimum atomic E-state index is -0.0961. The van der Waals surface area contributed by atoms with Gasteiger partial charge in [0.15, 0.2) is 11.5 Å². The summed E-state index contributed by atoms with van der Waals surface area (Å²) in [4.78, 5) is 12.1. The first-order chi connectivity index (χ1) is 9.33. The Labute approximate surface area is 121 Å². The molecule has 1 N–H and O–H groups in total. The molecule has 0 saturated heterocycles. The van der Waals surface area contributed by atoms with Gasteiger partial charge in [-0.05, 0) is 25.0 Å². The predicted molar refractivity (Wildman–Crippen MR) is 77.4 cm³/mol. The zero-order valence-electron chi connectivity index (χ0n) is 10.8. The zero-order valence-corrected chi connectivity index (χ0v) is 12.4. The van der Waals surface area contributed by atoms with Gasteiger partial charge in [0, 0.05) is 11.9 Å². The minimum Gasteiger partial charge on any atom is -0.486 e. The molecule has 5 heteroatoms. The molecule has 1 aliphatic heterocycles. The summed E-state index contributed by atoms with van der Waals surface area (Å²) in [5.74, 6) is 1.12. The highest BCUT2D eigenvalue weighted by Crippen LogP contribution is 2.33. The van der Waals surface area contributed by atoms with Crippen LogP contribution >= 0.6 is 15.9 Å². The van der Waals surface area contributed by atoms with Crippen LogP contribution in [0.4, 0.5) is 0 Å². The highest BCUT2D eigenvalue weighted by Gasteiger charge is 2.19. The van der Waals surface area contributed by atoms with Crippen LogP contribution in [0.2, 0.25) is 0 Å². The van der Waals surface area contributed by atoms with Crippen LogP contribution in [0.3, 0.4) is 0 Å². The molecule has 4 nitrogen and oxygen atoms in total. The summed E-state index contributed by atoms with van der Waals surface area (Å²) >= 11 is 3.39. The van der Waals surface area contributed by atoms with Crippen LogP contribution in [0.15, 0.2) is 18.2 Å². The van der Waals surface area contributed by atoms with E-state index < -0.39 is 0 Å². The predicted octanol–water partition coefficient (Wildman–Crippen LogP) is 2.75. The molecule has 2 rings (SSSR count). The molecule has 0 unspecified atom stereocenters. The third-order valence-corrected chi connectivity index (χ3v) is 3.47. The van der Waals surface area contributed by atoms with Crippen LogP contribution in [-0.2, 0) is 0 Å². The molecule has 1 aromatic carbocycles. The molecule has 0 aromatic heterocycles. The molecule has 0 radical (unpaired) electrons. The minimum absolute atomic E-state index is 0.0961. The fourth-order valence-corrected chi connectivity index (χ4v) is 2.34. The van der Waals surface area contributed by atoms with E-state index in [4.69, 9.17) is 9.47 Å². The maximum Gasteiger partial charge on any atom is 0.255 e. The SMILES string of the molecule is O=C(NCCCCCBr)c1cccc2c1OCCO2. The molecule has 0 saturated carbocycles. The van der Waals surface area contributed by atoms with Gasteiger partial charge in [-0.3, -0.25) is 4.79 Å². The average molecular weight is 328 g/mol. The number of halogens is 1. The van der Waals surface area contributed by atoms with Crippen molar-refractivity contribution in [3.63, 3.8) is 0 Å². The van der Waals surface area contributed by atoms with Gasteiger partial charge in [0.25, 0.3) is 5.91 Å². The number of rotatable bonds is 6. The summed E-state index contributed by atoms with van der Waals surface area (Å²) in [5, 5.41) is 3.93. The third-order valence-electron chi connectivity index (χ3n) is 2.91. The van der Waals surface area contributed by atoms with Crippen LogP contribution in [0.25, 0.3) is 0 Å². The summed E-state index contributed by atoms with van der Waals surface area (Å²) in [5.41, 5.74) is 0.553. The number of unbranched alkanes of at least 4 members (excludes halogenated alkanes) is 2. The van der Waals surface area contributed by atoms with Gasteiger partial charge in [0.1, 0.15) is 13.2 Å². The number of amides is 1. The lowest BCUT2D eigenvalue weighted by Gasteiger charge is -2.20. The normalized spacial score (nSPS) is 13.1. The number of alkyl halides is 1. The Kier molecular flexibility index (Phi) is 5.51. The lowest BCUT2D eigenvalue weighted by molar-refractivity contribution is 0.0942. The second-order valence-electron chi connectivity index (χ2n) is 4.34. The summed E-state index contributed by atoms with van der Waals surface area (Å²) in [6.45, 7) is 1.71. The summed E-state index contributed by atoms with van der Waals surface area (Å²) < 4.78 is 11.0. The Hall–Kier alpha value is -1.23. The van der Waals surface area contributed by atoms with Gasteiger partial charge in [-0.1, -0.05) is 28.4 Å². The van der Waals surface area contributed by atoms with Gasteiger partial charge < -0.3 is 14.8 Å². The number of para-hydroxylation sites is 1. The molecule has 1 amide bonds. The van der Waals surface area contributed by atoms with Crippen molar-refractivity contribution in [1.82, 2.24) is 5.32 Å². The highest BCUT2D eigenvalue weighted by molar-refractivity contribution is 9.09. The number of hydrogen-bond acceptors (Lipinski definition) is 3. The number of benzene rings is 1. The monoisotopic (exact) mass is 327 g/mol. The van der Waals surface area contributed by atoms with Gasteiger partial charge in [-0.25, -0.2) is 0 Å². The number of carbonyl (C=O) groups excluding carboxylic acids is 1. The van der Waals surface area contributed by atoms with E-state index in [1.54, 1.807) is 6.07 Å². The Morgan fingerprint density at radius 3 is 2.89 bits per heavy atom. The number of ether oxygens (including phenoxy) is 2. The van der Waals surface area contributed by atoms with Crippen molar-refractivity contribution in [2.24, 2.45) is 0 Å². The van der Waals surface area contributed by atoms with Gasteiger partial charge in [0.05, 0.1) is 5.56 Å². The molecule has 19 heavy (non-hydrogen) atoms. The first-order valence-electron chi connectivity index (χ1n) is 6.55. The Morgan fingerprint density at radius 1 is 1.21 bits per heavy atom. The van der Waals surface area contributed by atoms with Crippen molar-refractivity contribution < 1.29 is 14.3 Å². The van der Waals surface area contributed by atoms with Gasteiger partial charge in [-0.2, -0.15) is 0 Å². The van der Waals surface area contributed by atoms with E-state index in [2.05, 4.69) is 21.2 Å². The van der Waals surface area contributed by atoms with Crippen LogP contribution < -0.4 is 14.8 Å². The van der Waals surface area contributed by atoms with Crippen LogP contribution in [0.5, 0.6) is 11.5 Å². The van der Waals surface area contributed by atoms with E-state index in [-0.39, 0.29) is 5.91 Å². The van der Waals surface area contributed by atoms with Crippen molar-refractivity contribution in [3.05, 3.63) is 23.8 Å². The molecule has 0 aliphatic carbocycles. The van der Waals surface area contributed by atoms with Crippen LogP contribution in [0, 0.1) is 0 Å². The van der Waals surface area contributed by atoms with Crippen LogP contribution in [-0.4, -0.2) is 31.0 Å². The van der Waals surface area contributed by atoms with Gasteiger partial charge in [0.2, 0.25) is 0 Å². The second-order valence-corrected chi connectivity index (χ2v) is 5.13. The van der Waals surface area contributed by atoms with Crippen molar-refractivity contribution in [1.29, 1.82) is 0 Å². The number of carbonyl (C=O) groups is 1. The van der Waals surface area contributed by atoms with E-state index in [0.717, 1.165) is 24.6 Å². The van der Waals surface area contributed by atoms with Gasteiger partial charge >= 0.3 is 0 Å².